The average molecular weight is 297 g/mol. The molecule has 0 aliphatic rings. The van der Waals surface area contributed by atoms with Gasteiger partial charge >= 0.3 is 0 Å². The summed E-state index contributed by atoms with van der Waals surface area (Å²) in [6.07, 6.45) is 0. The van der Waals surface area contributed by atoms with Crippen LogP contribution >= 0.6 is 11.3 Å². The Balaban J connectivity index is 1.69. The van der Waals surface area contributed by atoms with Crippen molar-refractivity contribution in [1.29, 1.82) is 0 Å². The fourth-order valence-corrected chi connectivity index (χ4v) is 3.08. The van der Waals surface area contributed by atoms with E-state index in [0.717, 1.165) is 5.69 Å². The van der Waals surface area contributed by atoms with Crippen molar-refractivity contribution in [2.45, 2.75) is 13.5 Å². The van der Waals surface area contributed by atoms with Crippen LogP contribution in [0.15, 0.2) is 60.7 Å². The minimum absolute atomic E-state index is 0.170. The molecule has 0 saturated carbocycles. The molecule has 1 heterocycles. The number of rotatable bonds is 4. The van der Waals surface area contributed by atoms with E-state index in [1.165, 1.54) is 15.3 Å². The van der Waals surface area contributed by atoms with Crippen LogP contribution in [0.25, 0.3) is 10.4 Å². The van der Waals surface area contributed by atoms with E-state index < -0.39 is 0 Å². The van der Waals surface area contributed by atoms with Crippen molar-refractivity contribution < 1.29 is 4.39 Å². The van der Waals surface area contributed by atoms with Gasteiger partial charge in [0.15, 0.2) is 0 Å². The molecule has 0 atom stereocenters. The first-order valence-electron chi connectivity index (χ1n) is 6.86. The lowest BCUT2D eigenvalue weighted by atomic mass is 10.2. The van der Waals surface area contributed by atoms with Crippen LogP contribution in [0.5, 0.6) is 0 Å². The first kappa shape index (κ1) is 13.8. The summed E-state index contributed by atoms with van der Waals surface area (Å²) >= 11 is 1.76. The van der Waals surface area contributed by atoms with Crippen molar-refractivity contribution in [1.82, 2.24) is 0 Å². The Hall–Kier alpha value is -2.13. The average Bonchev–Trinajstić information content (AvgIpc) is 2.98. The van der Waals surface area contributed by atoms with Gasteiger partial charge in [0.05, 0.1) is 0 Å². The molecule has 1 N–H and O–H groups in total. The Morgan fingerprint density at radius 3 is 2.57 bits per heavy atom. The number of hydrogen-bond donors (Lipinski definition) is 1. The highest BCUT2D eigenvalue weighted by molar-refractivity contribution is 7.15. The lowest BCUT2D eigenvalue weighted by Crippen LogP contribution is -1.98. The highest BCUT2D eigenvalue weighted by atomic mass is 32.1. The quantitative estimate of drug-likeness (QED) is 0.673. The van der Waals surface area contributed by atoms with Gasteiger partial charge in [0.25, 0.3) is 0 Å². The zero-order valence-electron chi connectivity index (χ0n) is 11.8. The summed E-state index contributed by atoms with van der Waals surface area (Å²) in [5.41, 5.74) is 2.71. The molecule has 0 amide bonds. The molecule has 0 saturated heterocycles. The molecule has 106 valence electrons. The lowest BCUT2D eigenvalue weighted by molar-refractivity contribution is 0.619. The first-order valence-corrected chi connectivity index (χ1v) is 7.68. The molecule has 3 aromatic rings. The summed E-state index contributed by atoms with van der Waals surface area (Å²) in [6.45, 7) is 2.48. The number of aryl methyl sites for hydroxylation is 1. The molecule has 0 unspecified atom stereocenters. The third kappa shape index (κ3) is 3.31. The first-order chi connectivity index (χ1) is 10.2. The maximum absolute atomic E-state index is 13.5. The van der Waals surface area contributed by atoms with E-state index in [1.54, 1.807) is 30.4 Å². The third-order valence-electron chi connectivity index (χ3n) is 3.36. The summed E-state index contributed by atoms with van der Waals surface area (Å²) in [4.78, 5) is 2.48. The second kappa shape index (κ2) is 6.10. The number of anilines is 1. The molecule has 0 spiro atoms. The molecule has 0 aliphatic carbocycles. The van der Waals surface area contributed by atoms with E-state index >= 15 is 0 Å². The Labute approximate surface area is 128 Å². The molecule has 3 heteroatoms. The predicted octanol–water partition coefficient (Wildman–Crippen LogP) is 5.47. The van der Waals surface area contributed by atoms with E-state index in [-0.39, 0.29) is 5.82 Å². The second-order valence-electron chi connectivity index (χ2n) is 4.95. The van der Waals surface area contributed by atoms with E-state index in [9.17, 15) is 4.39 Å². The van der Waals surface area contributed by atoms with Crippen molar-refractivity contribution in [2.24, 2.45) is 0 Å². The van der Waals surface area contributed by atoms with Crippen LogP contribution in [-0.4, -0.2) is 0 Å². The topological polar surface area (TPSA) is 12.0 Å². The van der Waals surface area contributed by atoms with Crippen LogP contribution in [0.4, 0.5) is 10.1 Å². The highest BCUT2D eigenvalue weighted by Crippen LogP contribution is 2.28. The van der Waals surface area contributed by atoms with Crippen LogP contribution < -0.4 is 5.32 Å². The Morgan fingerprint density at radius 1 is 1.00 bits per heavy atom. The molecule has 0 radical (unpaired) electrons. The maximum atomic E-state index is 13.5. The van der Waals surface area contributed by atoms with Crippen LogP contribution in [-0.2, 0) is 6.54 Å². The van der Waals surface area contributed by atoms with E-state index in [0.29, 0.717) is 12.1 Å². The van der Waals surface area contributed by atoms with Gasteiger partial charge in [-0.05, 0) is 42.3 Å². The summed E-state index contributed by atoms with van der Waals surface area (Å²) in [7, 11) is 0. The van der Waals surface area contributed by atoms with Gasteiger partial charge in [-0.3, -0.25) is 0 Å². The molecule has 1 nitrogen and oxygen atoms in total. The van der Waals surface area contributed by atoms with Gasteiger partial charge in [-0.2, -0.15) is 0 Å². The normalized spacial score (nSPS) is 10.6. The molecule has 3 rings (SSSR count). The zero-order chi connectivity index (χ0) is 14.7. The molecule has 0 bridgehead atoms. The number of nitrogens with one attached hydrogen (secondary N) is 1. The van der Waals surface area contributed by atoms with E-state index in [4.69, 9.17) is 0 Å². The van der Waals surface area contributed by atoms with Crippen LogP contribution in [0.3, 0.4) is 0 Å². The lowest BCUT2D eigenvalue weighted by Gasteiger charge is -2.06. The second-order valence-corrected chi connectivity index (χ2v) is 6.12. The van der Waals surface area contributed by atoms with Gasteiger partial charge in [-0.15, -0.1) is 11.3 Å². The van der Waals surface area contributed by atoms with Gasteiger partial charge in [-0.25, -0.2) is 4.39 Å². The van der Waals surface area contributed by atoms with Crippen molar-refractivity contribution in [2.75, 3.05) is 5.32 Å². The fourth-order valence-electron chi connectivity index (χ4n) is 2.12. The number of thiophene rings is 1. The largest absolute Gasteiger partial charge is 0.380 e. The Kier molecular flexibility index (Phi) is 4.02. The van der Waals surface area contributed by atoms with Crippen LogP contribution in [0, 0.1) is 12.7 Å². The van der Waals surface area contributed by atoms with Gasteiger partial charge in [0, 0.05) is 22.0 Å². The standard InChI is InChI=1S/C18H16FNS/c1-13-7-8-15(11-17(13)19)20-12-16-9-10-18(21-16)14-5-3-2-4-6-14/h2-11,20H,12H2,1H3. The van der Waals surface area contributed by atoms with Crippen LogP contribution in [0.2, 0.25) is 0 Å². The van der Waals surface area contributed by atoms with E-state index in [2.05, 4.69) is 29.6 Å². The molecule has 1 aromatic heterocycles. The fraction of sp³-hybridized carbons (Fsp3) is 0.111. The van der Waals surface area contributed by atoms with Crippen molar-refractivity contribution in [3.63, 3.8) is 0 Å². The molecular weight excluding hydrogens is 281 g/mol. The zero-order valence-corrected chi connectivity index (χ0v) is 12.6. The van der Waals surface area contributed by atoms with E-state index in [1.807, 2.05) is 24.3 Å². The highest BCUT2D eigenvalue weighted by Gasteiger charge is 2.03. The van der Waals surface area contributed by atoms with Gasteiger partial charge < -0.3 is 5.32 Å². The third-order valence-corrected chi connectivity index (χ3v) is 4.49. The monoisotopic (exact) mass is 297 g/mol. The Bertz CT molecular complexity index is 734. The molecule has 21 heavy (non-hydrogen) atoms. The molecule has 2 aromatic carbocycles. The summed E-state index contributed by atoms with van der Waals surface area (Å²) in [5.74, 6) is -0.170. The van der Waals surface area contributed by atoms with Crippen molar-refractivity contribution in [3.05, 3.63) is 76.9 Å². The minimum atomic E-state index is -0.170. The van der Waals surface area contributed by atoms with Gasteiger partial charge in [-0.1, -0.05) is 36.4 Å². The van der Waals surface area contributed by atoms with Crippen LogP contribution in [0.1, 0.15) is 10.4 Å². The molecule has 0 aliphatic heterocycles. The summed E-state index contributed by atoms with van der Waals surface area (Å²) in [6, 6.07) is 19.8. The number of benzene rings is 2. The molecule has 0 fully saturated rings. The smallest absolute Gasteiger partial charge is 0.128 e. The number of halogens is 1. The summed E-state index contributed by atoms with van der Waals surface area (Å²) < 4.78 is 13.5. The Morgan fingerprint density at radius 2 is 1.81 bits per heavy atom. The minimum Gasteiger partial charge on any atom is -0.380 e. The van der Waals surface area contributed by atoms with Crippen molar-refractivity contribution >= 4 is 17.0 Å². The van der Waals surface area contributed by atoms with Crippen molar-refractivity contribution in [3.8, 4) is 10.4 Å². The molecular formula is C18H16FNS. The maximum Gasteiger partial charge on any atom is 0.128 e. The van der Waals surface area contributed by atoms with Gasteiger partial charge in [0.2, 0.25) is 0 Å². The van der Waals surface area contributed by atoms with Gasteiger partial charge in [0.1, 0.15) is 5.82 Å². The predicted molar refractivity (Wildman–Crippen MR) is 88.2 cm³/mol. The summed E-state index contributed by atoms with van der Waals surface area (Å²) in [5, 5.41) is 3.26. The SMILES string of the molecule is Cc1ccc(NCc2ccc(-c3ccccc3)s2)cc1F. The number of hydrogen-bond acceptors (Lipinski definition) is 2.